The minimum absolute atomic E-state index is 0.250. The second-order valence-corrected chi connectivity index (χ2v) is 6.12. The van der Waals surface area contributed by atoms with Crippen molar-refractivity contribution in [2.75, 3.05) is 0 Å². The van der Waals surface area contributed by atoms with Crippen molar-refractivity contribution in [2.24, 2.45) is 11.7 Å². The molecule has 0 radical (unpaired) electrons. The first kappa shape index (κ1) is 14.6. The molecule has 2 atom stereocenters. The number of nitrogens with zero attached hydrogens (tertiary/aromatic N) is 3. The van der Waals surface area contributed by atoms with Gasteiger partial charge in [-0.25, -0.2) is 0 Å². The third kappa shape index (κ3) is 3.21. The van der Waals surface area contributed by atoms with Crippen LogP contribution in [-0.4, -0.2) is 15.1 Å². The molecule has 2 aromatic heterocycles. The molecule has 5 nitrogen and oxygen atoms in total. The highest BCUT2D eigenvalue weighted by molar-refractivity contribution is 9.11. The Morgan fingerprint density at radius 1 is 1.42 bits per heavy atom. The Bertz CT molecular complexity index is 573. The average molecular weight is 390 g/mol. The molecular formula is C12H14Br2N4O. The lowest BCUT2D eigenvalue weighted by atomic mass is 10.0. The zero-order valence-corrected chi connectivity index (χ0v) is 13.8. The van der Waals surface area contributed by atoms with Crippen LogP contribution in [0.2, 0.25) is 0 Å². The number of aromatic nitrogens is 3. The van der Waals surface area contributed by atoms with Crippen molar-refractivity contribution in [3.63, 3.8) is 0 Å². The molecule has 0 spiro atoms. The van der Waals surface area contributed by atoms with E-state index in [1.807, 2.05) is 6.07 Å². The molecule has 102 valence electrons. The Morgan fingerprint density at radius 3 is 2.79 bits per heavy atom. The summed E-state index contributed by atoms with van der Waals surface area (Å²) in [6.07, 6.45) is 2.64. The third-order valence-corrected chi connectivity index (χ3v) is 4.04. The van der Waals surface area contributed by atoms with Gasteiger partial charge in [-0.3, -0.25) is 4.98 Å². The van der Waals surface area contributed by atoms with E-state index in [-0.39, 0.29) is 12.0 Å². The van der Waals surface area contributed by atoms with Crippen LogP contribution in [0.1, 0.15) is 32.2 Å². The van der Waals surface area contributed by atoms with Gasteiger partial charge in [0.15, 0.2) is 0 Å². The summed E-state index contributed by atoms with van der Waals surface area (Å²) < 4.78 is 6.91. The zero-order chi connectivity index (χ0) is 14.0. The van der Waals surface area contributed by atoms with Gasteiger partial charge in [0, 0.05) is 15.1 Å². The molecule has 2 aromatic rings. The largest absolute Gasteiger partial charge is 0.337 e. The van der Waals surface area contributed by atoms with Gasteiger partial charge in [-0.2, -0.15) is 4.98 Å². The van der Waals surface area contributed by atoms with Gasteiger partial charge < -0.3 is 10.3 Å². The zero-order valence-electron chi connectivity index (χ0n) is 10.6. The summed E-state index contributed by atoms with van der Waals surface area (Å²) in [6, 6.07) is 1.63. The van der Waals surface area contributed by atoms with Crippen molar-refractivity contribution in [3.05, 3.63) is 27.1 Å². The fourth-order valence-electron chi connectivity index (χ4n) is 1.54. The van der Waals surface area contributed by atoms with E-state index in [9.17, 15) is 0 Å². The van der Waals surface area contributed by atoms with Crippen LogP contribution >= 0.6 is 31.9 Å². The molecule has 0 aliphatic heterocycles. The van der Waals surface area contributed by atoms with E-state index in [0.29, 0.717) is 17.4 Å². The van der Waals surface area contributed by atoms with Crippen LogP contribution < -0.4 is 5.73 Å². The monoisotopic (exact) mass is 388 g/mol. The van der Waals surface area contributed by atoms with Crippen LogP contribution in [0.25, 0.3) is 11.5 Å². The summed E-state index contributed by atoms with van der Waals surface area (Å²) in [6.45, 7) is 4.14. The molecule has 0 aromatic carbocycles. The first-order valence-corrected chi connectivity index (χ1v) is 7.52. The van der Waals surface area contributed by atoms with Crippen molar-refractivity contribution >= 4 is 31.9 Å². The molecule has 0 bridgehead atoms. The molecule has 0 aliphatic carbocycles. The van der Waals surface area contributed by atoms with E-state index < -0.39 is 0 Å². The normalized spacial score (nSPS) is 14.4. The van der Waals surface area contributed by atoms with E-state index in [1.165, 1.54) is 0 Å². The van der Waals surface area contributed by atoms with Gasteiger partial charge in [-0.15, -0.1) is 0 Å². The molecule has 2 N–H and O–H groups in total. The molecule has 19 heavy (non-hydrogen) atoms. The van der Waals surface area contributed by atoms with Crippen molar-refractivity contribution in [3.8, 4) is 11.5 Å². The second-order valence-electron chi connectivity index (χ2n) is 4.35. The number of pyridine rings is 1. The lowest BCUT2D eigenvalue weighted by molar-refractivity contribution is 0.312. The first-order chi connectivity index (χ1) is 9.02. The van der Waals surface area contributed by atoms with Crippen LogP contribution in [0, 0.1) is 5.92 Å². The molecule has 0 fully saturated rings. The summed E-state index contributed by atoms with van der Waals surface area (Å²) in [5.74, 6) is 1.17. The SMILES string of the molecule is CCC(C)C(N)c1nc(-c2ncc(Br)cc2Br)no1. The summed E-state index contributed by atoms with van der Waals surface area (Å²) in [7, 11) is 0. The van der Waals surface area contributed by atoms with E-state index in [0.717, 1.165) is 15.4 Å². The predicted octanol–water partition coefficient (Wildman–Crippen LogP) is 3.70. The smallest absolute Gasteiger partial charge is 0.244 e. The molecule has 0 amide bonds. The highest BCUT2D eigenvalue weighted by Crippen LogP contribution is 2.28. The molecule has 0 aliphatic rings. The molecule has 0 saturated heterocycles. The Kier molecular flexibility index (Phi) is 4.70. The Labute approximate surface area is 128 Å². The minimum Gasteiger partial charge on any atom is -0.337 e. The van der Waals surface area contributed by atoms with Gasteiger partial charge in [0.1, 0.15) is 5.69 Å². The highest BCUT2D eigenvalue weighted by atomic mass is 79.9. The van der Waals surface area contributed by atoms with Gasteiger partial charge in [0.25, 0.3) is 0 Å². The minimum atomic E-state index is -0.250. The van der Waals surface area contributed by atoms with Crippen molar-refractivity contribution in [1.29, 1.82) is 0 Å². The van der Waals surface area contributed by atoms with Crippen LogP contribution in [0.5, 0.6) is 0 Å². The molecule has 0 saturated carbocycles. The third-order valence-electron chi connectivity index (χ3n) is 3.00. The Morgan fingerprint density at radius 2 is 2.16 bits per heavy atom. The number of hydrogen-bond donors (Lipinski definition) is 1. The van der Waals surface area contributed by atoms with Gasteiger partial charge >= 0.3 is 0 Å². The average Bonchev–Trinajstić information content (AvgIpc) is 2.86. The van der Waals surface area contributed by atoms with Crippen LogP contribution in [0.4, 0.5) is 0 Å². The molecular weight excluding hydrogens is 376 g/mol. The Balaban J connectivity index is 2.30. The van der Waals surface area contributed by atoms with Crippen molar-refractivity contribution < 1.29 is 4.52 Å². The standard InChI is InChI=1S/C12H14Br2N4O/c1-3-6(2)9(15)12-17-11(18-19-12)10-8(14)4-7(13)5-16-10/h4-6,9H,3,15H2,1-2H3. The maximum Gasteiger partial charge on any atom is 0.244 e. The summed E-state index contributed by atoms with van der Waals surface area (Å²) in [5, 5.41) is 3.94. The van der Waals surface area contributed by atoms with Crippen LogP contribution in [0.15, 0.2) is 25.7 Å². The quantitative estimate of drug-likeness (QED) is 0.862. The molecule has 2 rings (SSSR count). The summed E-state index contributed by atoms with van der Waals surface area (Å²) >= 11 is 6.78. The first-order valence-electron chi connectivity index (χ1n) is 5.93. The van der Waals surface area contributed by atoms with E-state index >= 15 is 0 Å². The van der Waals surface area contributed by atoms with E-state index in [4.69, 9.17) is 10.3 Å². The molecule has 2 unspecified atom stereocenters. The van der Waals surface area contributed by atoms with Gasteiger partial charge in [-0.05, 0) is 43.8 Å². The van der Waals surface area contributed by atoms with Crippen molar-refractivity contribution in [2.45, 2.75) is 26.3 Å². The van der Waals surface area contributed by atoms with E-state index in [1.54, 1.807) is 6.20 Å². The summed E-state index contributed by atoms with van der Waals surface area (Å²) in [5.41, 5.74) is 6.70. The maximum absolute atomic E-state index is 6.07. The summed E-state index contributed by atoms with van der Waals surface area (Å²) in [4.78, 5) is 8.60. The van der Waals surface area contributed by atoms with Gasteiger partial charge in [0.05, 0.1) is 6.04 Å². The lowest BCUT2D eigenvalue weighted by Crippen LogP contribution is -2.18. The highest BCUT2D eigenvalue weighted by Gasteiger charge is 2.21. The molecule has 2 heterocycles. The fourth-order valence-corrected chi connectivity index (χ4v) is 2.71. The topological polar surface area (TPSA) is 77.8 Å². The van der Waals surface area contributed by atoms with Crippen LogP contribution in [-0.2, 0) is 0 Å². The molecule has 7 heteroatoms. The lowest BCUT2D eigenvalue weighted by Gasteiger charge is -2.12. The predicted molar refractivity (Wildman–Crippen MR) is 79.3 cm³/mol. The van der Waals surface area contributed by atoms with E-state index in [2.05, 4.69) is 60.8 Å². The number of halogens is 2. The second kappa shape index (κ2) is 6.11. The van der Waals surface area contributed by atoms with Crippen molar-refractivity contribution in [1.82, 2.24) is 15.1 Å². The number of hydrogen-bond acceptors (Lipinski definition) is 5. The fraction of sp³-hybridized carbons (Fsp3) is 0.417. The van der Waals surface area contributed by atoms with Gasteiger partial charge in [0.2, 0.25) is 11.7 Å². The Hall–Kier alpha value is -0.790. The number of nitrogens with two attached hydrogens (primary N) is 1. The maximum atomic E-state index is 6.07. The number of rotatable bonds is 4. The van der Waals surface area contributed by atoms with Gasteiger partial charge in [-0.1, -0.05) is 25.4 Å². The van der Waals surface area contributed by atoms with Crippen LogP contribution in [0.3, 0.4) is 0 Å².